The molecule has 1 saturated carbocycles. The van der Waals surface area contributed by atoms with Crippen LogP contribution in [0.15, 0.2) is 0 Å². The highest BCUT2D eigenvalue weighted by atomic mass is 16.5. The van der Waals surface area contributed by atoms with E-state index in [-0.39, 0.29) is 0 Å². The number of ether oxygens (including phenoxy) is 1. The van der Waals surface area contributed by atoms with Gasteiger partial charge in [0.05, 0.1) is 13.2 Å². The van der Waals surface area contributed by atoms with E-state index in [2.05, 4.69) is 27.8 Å². The van der Waals surface area contributed by atoms with Gasteiger partial charge in [-0.05, 0) is 29.2 Å². The van der Waals surface area contributed by atoms with Crippen molar-refractivity contribution in [1.29, 1.82) is 0 Å². The zero-order chi connectivity index (χ0) is 11.4. The number of rotatable bonds is 7. The third kappa shape index (κ3) is 3.24. The van der Waals surface area contributed by atoms with Crippen molar-refractivity contribution >= 4 is 0 Å². The van der Waals surface area contributed by atoms with E-state index in [9.17, 15) is 0 Å². The van der Waals surface area contributed by atoms with Gasteiger partial charge in [0, 0.05) is 19.7 Å². The number of hydrogen-bond donors (Lipinski definition) is 1. The van der Waals surface area contributed by atoms with Crippen LogP contribution in [0.5, 0.6) is 0 Å². The Morgan fingerprint density at radius 2 is 2.38 bits per heavy atom. The van der Waals surface area contributed by atoms with Gasteiger partial charge in [0.15, 0.2) is 5.82 Å². The minimum atomic E-state index is 0.424. The van der Waals surface area contributed by atoms with Crippen LogP contribution in [0.4, 0.5) is 0 Å². The lowest BCUT2D eigenvalue weighted by Gasteiger charge is -2.11. The SMILES string of the molecule is COCC(C)Cn1nnnc1CNC1CC1. The first-order valence-electron chi connectivity index (χ1n) is 5.77. The van der Waals surface area contributed by atoms with Crippen LogP contribution in [0, 0.1) is 5.92 Å². The average Bonchev–Trinajstić information content (AvgIpc) is 2.98. The van der Waals surface area contributed by atoms with Crippen molar-refractivity contribution in [3.8, 4) is 0 Å². The lowest BCUT2D eigenvalue weighted by Crippen LogP contribution is -2.22. The van der Waals surface area contributed by atoms with Gasteiger partial charge in [0.25, 0.3) is 0 Å². The highest BCUT2D eigenvalue weighted by molar-refractivity contribution is 4.87. The number of methoxy groups -OCH3 is 1. The van der Waals surface area contributed by atoms with Gasteiger partial charge in [0.1, 0.15) is 0 Å². The average molecular weight is 225 g/mol. The van der Waals surface area contributed by atoms with Gasteiger partial charge < -0.3 is 10.1 Å². The Labute approximate surface area is 95.4 Å². The monoisotopic (exact) mass is 225 g/mol. The first-order chi connectivity index (χ1) is 7.79. The van der Waals surface area contributed by atoms with Crippen molar-refractivity contribution in [1.82, 2.24) is 25.5 Å². The standard InChI is InChI=1S/C10H19N5O/c1-8(7-16-2)6-15-10(12-13-14-15)5-11-9-3-4-9/h8-9,11H,3-7H2,1-2H3. The normalized spacial score (nSPS) is 17.6. The lowest BCUT2D eigenvalue weighted by molar-refractivity contribution is 0.148. The quantitative estimate of drug-likeness (QED) is 0.718. The van der Waals surface area contributed by atoms with Crippen LogP contribution < -0.4 is 5.32 Å². The molecule has 2 rings (SSSR count). The van der Waals surface area contributed by atoms with Crippen LogP contribution in [-0.4, -0.2) is 40.0 Å². The van der Waals surface area contributed by atoms with Gasteiger partial charge in [-0.25, -0.2) is 4.68 Å². The second kappa shape index (κ2) is 5.36. The van der Waals surface area contributed by atoms with Crippen molar-refractivity contribution in [2.24, 2.45) is 5.92 Å². The fourth-order valence-electron chi connectivity index (χ4n) is 1.65. The highest BCUT2D eigenvalue weighted by Gasteiger charge is 2.21. The second-order valence-corrected chi connectivity index (χ2v) is 4.49. The zero-order valence-corrected chi connectivity index (χ0v) is 9.89. The molecular weight excluding hydrogens is 206 g/mol. The summed E-state index contributed by atoms with van der Waals surface area (Å²) in [4.78, 5) is 0. The van der Waals surface area contributed by atoms with Crippen molar-refractivity contribution in [2.45, 2.75) is 38.9 Å². The molecule has 16 heavy (non-hydrogen) atoms. The summed E-state index contributed by atoms with van der Waals surface area (Å²) >= 11 is 0. The second-order valence-electron chi connectivity index (χ2n) is 4.49. The maximum atomic E-state index is 5.10. The molecule has 0 aromatic carbocycles. The summed E-state index contributed by atoms with van der Waals surface area (Å²) in [5.74, 6) is 1.34. The molecule has 1 fully saturated rings. The van der Waals surface area contributed by atoms with E-state index in [1.54, 1.807) is 7.11 Å². The molecule has 1 aliphatic carbocycles. The number of hydrogen-bond acceptors (Lipinski definition) is 5. The topological polar surface area (TPSA) is 64.9 Å². The van der Waals surface area contributed by atoms with Crippen LogP contribution in [0.2, 0.25) is 0 Å². The third-order valence-electron chi connectivity index (χ3n) is 2.67. The van der Waals surface area contributed by atoms with Gasteiger partial charge >= 0.3 is 0 Å². The van der Waals surface area contributed by atoms with Crippen molar-refractivity contribution in [3.63, 3.8) is 0 Å². The zero-order valence-electron chi connectivity index (χ0n) is 9.89. The van der Waals surface area contributed by atoms with Crippen molar-refractivity contribution in [3.05, 3.63) is 5.82 Å². The molecule has 0 radical (unpaired) electrons. The summed E-state index contributed by atoms with van der Waals surface area (Å²) in [7, 11) is 1.71. The highest BCUT2D eigenvalue weighted by Crippen LogP contribution is 2.18. The van der Waals surface area contributed by atoms with E-state index in [0.717, 1.165) is 25.5 Å². The number of aromatic nitrogens is 4. The van der Waals surface area contributed by atoms with E-state index in [4.69, 9.17) is 4.74 Å². The Balaban J connectivity index is 1.84. The van der Waals surface area contributed by atoms with E-state index in [1.807, 2.05) is 4.68 Å². The van der Waals surface area contributed by atoms with Crippen LogP contribution >= 0.6 is 0 Å². The van der Waals surface area contributed by atoms with Crippen LogP contribution in [-0.2, 0) is 17.8 Å². The predicted octanol–water partition coefficient (Wildman–Crippen LogP) is 0.208. The minimum absolute atomic E-state index is 0.424. The summed E-state index contributed by atoms with van der Waals surface area (Å²) in [5, 5.41) is 15.2. The predicted molar refractivity (Wildman–Crippen MR) is 58.7 cm³/mol. The largest absolute Gasteiger partial charge is 0.384 e. The fourth-order valence-corrected chi connectivity index (χ4v) is 1.65. The molecule has 6 nitrogen and oxygen atoms in total. The molecule has 1 unspecified atom stereocenters. The van der Waals surface area contributed by atoms with Gasteiger partial charge in [-0.1, -0.05) is 6.92 Å². The molecule has 1 aromatic heterocycles. The molecule has 0 amide bonds. The molecular formula is C10H19N5O. The van der Waals surface area contributed by atoms with Crippen molar-refractivity contribution in [2.75, 3.05) is 13.7 Å². The van der Waals surface area contributed by atoms with Crippen LogP contribution in [0.25, 0.3) is 0 Å². The third-order valence-corrected chi connectivity index (χ3v) is 2.67. The molecule has 0 saturated heterocycles. The lowest BCUT2D eigenvalue weighted by atomic mass is 10.2. The maximum absolute atomic E-state index is 5.10. The van der Waals surface area contributed by atoms with Gasteiger partial charge in [-0.15, -0.1) is 5.10 Å². The summed E-state index contributed by atoms with van der Waals surface area (Å²) < 4.78 is 6.96. The van der Waals surface area contributed by atoms with Gasteiger partial charge in [-0.2, -0.15) is 0 Å². The molecule has 1 N–H and O–H groups in total. The summed E-state index contributed by atoms with van der Waals surface area (Å²) in [6.45, 7) is 4.43. The molecule has 1 aromatic rings. The Kier molecular flexibility index (Phi) is 3.84. The Bertz CT molecular complexity index is 323. The summed E-state index contributed by atoms with van der Waals surface area (Å²) in [6, 6.07) is 0.682. The first kappa shape index (κ1) is 11.5. The minimum Gasteiger partial charge on any atom is -0.384 e. The molecule has 90 valence electrons. The number of nitrogens with zero attached hydrogens (tertiary/aromatic N) is 4. The van der Waals surface area contributed by atoms with E-state index in [1.165, 1.54) is 12.8 Å². The van der Waals surface area contributed by atoms with E-state index >= 15 is 0 Å². The van der Waals surface area contributed by atoms with Crippen LogP contribution in [0.3, 0.4) is 0 Å². The smallest absolute Gasteiger partial charge is 0.165 e. The van der Waals surface area contributed by atoms with E-state index < -0.39 is 0 Å². The van der Waals surface area contributed by atoms with Gasteiger partial charge in [-0.3, -0.25) is 0 Å². The summed E-state index contributed by atoms with van der Waals surface area (Å²) in [6.07, 6.45) is 2.56. The summed E-state index contributed by atoms with van der Waals surface area (Å²) in [5.41, 5.74) is 0. The molecule has 0 aliphatic heterocycles. The Morgan fingerprint density at radius 3 is 3.06 bits per heavy atom. The Hall–Kier alpha value is -1.01. The maximum Gasteiger partial charge on any atom is 0.165 e. The van der Waals surface area contributed by atoms with Crippen molar-refractivity contribution < 1.29 is 4.74 Å². The fraction of sp³-hybridized carbons (Fsp3) is 0.900. The molecule has 1 aliphatic rings. The molecule has 0 spiro atoms. The number of tetrazole rings is 1. The Morgan fingerprint density at radius 1 is 1.56 bits per heavy atom. The molecule has 6 heteroatoms. The molecule has 1 heterocycles. The van der Waals surface area contributed by atoms with Gasteiger partial charge in [0.2, 0.25) is 0 Å². The molecule has 1 atom stereocenters. The van der Waals surface area contributed by atoms with Crippen LogP contribution in [0.1, 0.15) is 25.6 Å². The first-order valence-corrected chi connectivity index (χ1v) is 5.77. The number of nitrogens with one attached hydrogen (secondary N) is 1. The molecule has 0 bridgehead atoms. The van der Waals surface area contributed by atoms with E-state index in [0.29, 0.717) is 12.0 Å².